The fourth-order valence-electron chi connectivity index (χ4n) is 1.92. The van der Waals surface area contributed by atoms with Gasteiger partial charge in [0, 0.05) is 12.1 Å². The summed E-state index contributed by atoms with van der Waals surface area (Å²) in [5, 5.41) is 9.33. The molecule has 0 saturated heterocycles. The Balaban J connectivity index is 2.76. The molecule has 0 saturated carbocycles. The molecule has 90 valence electrons. The maximum Gasteiger partial charge on any atom is 0.354 e. The topological polar surface area (TPSA) is 54.6 Å². The minimum Gasteiger partial charge on any atom is -0.477 e. The molecule has 4 nitrogen and oxygen atoms in total. The number of carbonyl (C=O) groups is 1. The standard InChI is InChI=1S/C13H16N2O2/c1-4-9(3)11-12(13(16)17)15-7-8(2)5-6-10(15)14-11/h5-7,9H,4H2,1-3H3,(H,16,17). The molecule has 2 aromatic heterocycles. The summed E-state index contributed by atoms with van der Waals surface area (Å²) in [6.45, 7) is 5.97. The van der Waals surface area contributed by atoms with Crippen molar-refractivity contribution in [2.75, 3.05) is 0 Å². The number of carboxylic acid groups (broad SMARTS) is 1. The van der Waals surface area contributed by atoms with Crippen LogP contribution >= 0.6 is 0 Å². The predicted molar refractivity (Wildman–Crippen MR) is 65.6 cm³/mol. The van der Waals surface area contributed by atoms with Crippen molar-refractivity contribution in [3.8, 4) is 0 Å². The lowest BCUT2D eigenvalue weighted by atomic mass is 10.0. The first kappa shape index (κ1) is 11.6. The molecule has 0 bridgehead atoms. The van der Waals surface area contributed by atoms with E-state index in [-0.39, 0.29) is 11.6 Å². The molecule has 17 heavy (non-hydrogen) atoms. The Morgan fingerprint density at radius 2 is 2.24 bits per heavy atom. The molecule has 0 aromatic carbocycles. The minimum absolute atomic E-state index is 0.154. The summed E-state index contributed by atoms with van der Waals surface area (Å²) < 4.78 is 1.67. The number of aromatic nitrogens is 2. The van der Waals surface area contributed by atoms with Crippen LogP contribution in [-0.4, -0.2) is 20.5 Å². The van der Waals surface area contributed by atoms with Gasteiger partial charge in [0.15, 0.2) is 5.69 Å². The first-order valence-corrected chi connectivity index (χ1v) is 5.76. The minimum atomic E-state index is -0.918. The molecule has 4 heteroatoms. The molecule has 0 spiro atoms. The fourth-order valence-corrected chi connectivity index (χ4v) is 1.92. The van der Waals surface area contributed by atoms with E-state index in [1.165, 1.54) is 0 Å². The highest BCUT2D eigenvalue weighted by Crippen LogP contribution is 2.23. The number of aryl methyl sites for hydroxylation is 1. The highest BCUT2D eigenvalue weighted by Gasteiger charge is 2.21. The molecule has 0 fully saturated rings. The predicted octanol–water partition coefficient (Wildman–Crippen LogP) is 2.85. The molecular formula is C13H16N2O2. The second-order valence-electron chi connectivity index (χ2n) is 4.39. The zero-order valence-electron chi connectivity index (χ0n) is 10.3. The zero-order valence-corrected chi connectivity index (χ0v) is 10.3. The van der Waals surface area contributed by atoms with Crippen molar-refractivity contribution in [1.29, 1.82) is 0 Å². The molecule has 1 N–H and O–H groups in total. The van der Waals surface area contributed by atoms with Crippen LogP contribution in [0.4, 0.5) is 0 Å². The van der Waals surface area contributed by atoms with Gasteiger partial charge in [-0.2, -0.15) is 0 Å². The Kier molecular flexibility index (Phi) is 2.88. The summed E-state index contributed by atoms with van der Waals surface area (Å²) in [4.78, 5) is 15.8. The number of hydrogen-bond acceptors (Lipinski definition) is 2. The Morgan fingerprint density at radius 1 is 1.53 bits per heavy atom. The third kappa shape index (κ3) is 1.90. The average molecular weight is 232 g/mol. The van der Waals surface area contributed by atoms with Crippen molar-refractivity contribution < 1.29 is 9.90 Å². The van der Waals surface area contributed by atoms with Crippen molar-refractivity contribution in [3.05, 3.63) is 35.3 Å². The Labute approximate surface area is 99.9 Å². The maximum absolute atomic E-state index is 11.4. The van der Waals surface area contributed by atoms with Crippen LogP contribution in [0.5, 0.6) is 0 Å². The number of carboxylic acids is 1. The molecule has 0 radical (unpaired) electrons. The van der Waals surface area contributed by atoms with E-state index >= 15 is 0 Å². The summed E-state index contributed by atoms with van der Waals surface area (Å²) in [6, 6.07) is 3.79. The van der Waals surface area contributed by atoms with Gasteiger partial charge in [0.2, 0.25) is 0 Å². The normalized spacial score (nSPS) is 12.9. The van der Waals surface area contributed by atoms with E-state index in [1.807, 2.05) is 39.1 Å². The third-order valence-corrected chi connectivity index (χ3v) is 3.08. The number of hydrogen-bond donors (Lipinski definition) is 1. The van der Waals surface area contributed by atoms with Gasteiger partial charge in [-0.15, -0.1) is 0 Å². The number of aromatic carboxylic acids is 1. The van der Waals surface area contributed by atoms with Crippen LogP contribution in [0.15, 0.2) is 18.3 Å². The second kappa shape index (κ2) is 4.20. The highest BCUT2D eigenvalue weighted by molar-refractivity contribution is 5.88. The van der Waals surface area contributed by atoms with E-state index in [4.69, 9.17) is 0 Å². The molecule has 1 unspecified atom stereocenters. The van der Waals surface area contributed by atoms with Crippen LogP contribution < -0.4 is 0 Å². The van der Waals surface area contributed by atoms with Crippen molar-refractivity contribution in [2.45, 2.75) is 33.1 Å². The van der Waals surface area contributed by atoms with Crippen LogP contribution in [0.25, 0.3) is 5.65 Å². The van der Waals surface area contributed by atoms with E-state index in [0.29, 0.717) is 11.3 Å². The smallest absolute Gasteiger partial charge is 0.354 e. The van der Waals surface area contributed by atoms with Crippen LogP contribution in [-0.2, 0) is 0 Å². The summed E-state index contributed by atoms with van der Waals surface area (Å²) in [5.41, 5.74) is 2.68. The van der Waals surface area contributed by atoms with Crippen molar-refractivity contribution in [2.24, 2.45) is 0 Å². The lowest BCUT2D eigenvalue weighted by molar-refractivity contribution is 0.0687. The quantitative estimate of drug-likeness (QED) is 0.885. The SMILES string of the molecule is CCC(C)c1nc2ccc(C)cn2c1C(=O)O. The fraction of sp³-hybridized carbons (Fsp3) is 0.385. The number of fused-ring (bicyclic) bond motifs is 1. The largest absolute Gasteiger partial charge is 0.477 e. The zero-order chi connectivity index (χ0) is 12.6. The van der Waals surface area contributed by atoms with Crippen molar-refractivity contribution >= 4 is 11.6 Å². The molecule has 1 atom stereocenters. The number of nitrogens with zero attached hydrogens (tertiary/aromatic N) is 2. The van der Waals surface area contributed by atoms with Crippen molar-refractivity contribution in [3.63, 3.8) is 0 Å². The monoisotopic (exact) mass is 232 g/mol. The van der Waals surface area contributed by atoms with Gasteiger partial charge in [-0.3, -0.25) is 4.40 Å². The molecular weight excluding hydrogens is 216 g/mol. The number of rotatable bonds is 3. The van der Waals surface area contributed by atoms with Crippen LogP contribution in [0.1, 0.15) is 47.9 Å². The lowest BCUT2D eigenvalue weighted by Crippen LogP contribution is -2.07. The van der Waals surface area contributed by atoms with Crippen LogP contribution in [0.3, 0.4) is 0 Å². The number of pyridine rings is 1. The Bertz CT molecular complexity index is 572. The molecule has 0 amide bonds. The summed E-state index contributed by atoms with van der Waals surface area (Å²) >= 11 is 0. The van der Waals surface area contributed by atoms with Gasteiger partial charge in [-0.05, 0) is 25.0 Å². The van der Waals surface area contributed by atoms with Crippen LogP contribution in [0, 0.1) is 6.92 Å². The first-order chi connectivity index (χ1) is 8.04. The first-order valence-electron chi connectivity index (χ1n) is 5.76. The second-order valence-corrected chi connectivity index (χ2v) is 4.39. The average Bonchev–Trinajstić information content (AvgIpc) is 2.66. The van der Waals surface area contributed by atoms with Gasteiger partial charge >= 0.3 is 5.97 Å². The summed E-state index contributed by atoms with van der Waals surface area (Å²) in [6.07, 6.45) is 2.70. The Hall–Kier alpha value is -1.84. The van der Waals surface area contributed by atoms with Gasteiger partial charge in [-0.1, -0.05) is 19.9 Å². The van der Waals surface area contributed by atoms with Gasteiger partial charge in [0.25, 0.3) is 0 Å². The van der Waals surface area contributed by atoms with E-state index < -0.39 is 5.97 Å². The number of imidazole rings is 1. The van der Waals surface area contributed by atoms with E-state index in [0.717, 1.165) is 12.0 Å². The Morgan fingerprint density at radius 3 is 2.82 bits per heavy atom. The van der Waals surface area contributed by atoms with Crippen molar-refractivity contribution in [1.82, 2.24) is 9.38 Å². The molecule has 0 aliphatic rings. The molecule has 2 aromatic rings. The molecule has 0 aliphatic heterocycles. The van der Waals surface area contributed by atoms with Gasteiger partial charge < -0.3 is 5.11 Å². The van der Waals surface area contributed by atoms with Gasteiger partial charge in [0.05, 0.1) is 5.69 Å². The third-order valence-electron chi connectivity index (χ3n) is 3.08. The molecule has 2 rings (SSSR count). The van der Waals surface area contributed by atoms with Gasteiger partial charge in [-0.25, -0.2) is 9.78 Å². The lowest BCUT2D eigenvalue weighted by Gasteiger charge is -2.06. The maximum atomic E-state index is 11.4. The molecule has 0 aliphatic carbocycles. The highest BCUT2D eigenvalue weighted by atomic mass is 16.4. The van der Waals surface area contributed by atoms with E-state index in [2.05, 4.69) is 4.98 Å². The van der Waals surface area contributed by atoms with Crippen LogP contribution in [0.2, 0.25) is 0 Å². The summed E-state index contributed by atoms with van der Waals surface area (Å²) in [7, 11) is 0. The van der Waals surface area contributed by atoms with Gasteiger partial charge in [0.1, 0.15) is 5.65 Å². The molecule has 2 heterocycles. The van der Waals surface area contributed by atoms with E-state index in [9.17, 15) is 9.90 Å². The summed E-state index contributed by atoms with van der Waals surface area (Å²) in [5.74, 6) is -0.764. The van der Waals surface area contributed by atoms with E-state index in [1.54, 1.807) is 4.40 Å².